The van der Waals surface area contributed by atoms with Crippen molar-refractivity contribution in [1.82, 2.24) is 24.7 Å². The van der Waals surface area contributed by atoms with Gasteiger partial charge in [0.1, 0.15) is 5.65 Å². The van der Waals surface area contributed by atoms with Crippen molar-refractivity contribution in [1.29, 1.82) is 0 Å². The van der Waals surface area contributed by atoms with Gasteiger partial charge in [0.15, 0.2) is 0 Å². The quantitative estimate of drug-likeness (QED) is 0.919. The standard InChI is InChI=1S/C17H23N5O/c1-2-20-6-8-21(9-7-20)13-11-22(12-13)17(23)15-10-19-16-14(15)4-3-5-18-16/h3-5,10,13H,2,6-9,11-12H2,1H3,(H,18,19). The monoisotopic (exact) mass is 313 g/mol. The van der Waals surface area contributed by atoms with Gasteiger partial charge < -0.3 is 14.8 Å². The van der Waals surface area contributed by atoms with Gasteiger partial charge in [0.25, 0.3) is 5.91 Å². The van der Waals surface area contributed by atoms with Gasteiger partial charge in [-0.05, 0) is 18.7 Å². The molecule has 23 heavy (non-hydrogen) atoms. The van der Waals surface area contributed by atoms with Crippen molar-refractivity contribution >= 4 is 16.9 Å². The van der Waals surface area contributed by atoms with Crippen LogP contribution >= 0.6 is 0 Å². The zero-order valence-electron chi connectivity index (χ0n) is 13.5. The van der Waals surface area contributed by atoms with Crippen LogP contribution in [0.3, 0.4) is 0 Å². The first-order valence-electron chi connectivity index (χ1n) is 8.44. The first-order chi connectivity index (χ1) is 11.3. The zero-order valence-corrected chi connectivity index (χ0v) is 13.5. The highest BCUT2D eigenvalue weighted by Gasteiger charge is 2.36. The Kier molecular flexibility index (Phi) is 3.79. The first-order valence-corrected chi connectivity index (χ1v) is 8.44. The maximum Gasteiger partial charge on any atom is 0.256 e. The van der Waals surface area contributed by atoms with E-state index in [9.17, 15) is 4.79 Å². The van der Waals surface area contributed by atoms with Gasteiger partial charge in [-0.1, -0.05) is 6.92 Å². The Hall–Kier alpha value is -1.92. The molecule has 4 rings (SSSR count). The van der Waals surface area contributed by atoms with Gasteiger partial charge in [-0.15, -0.1) is 0 Å². The lowest BCUT2D eigenvalue weighted by atomic mass is 10.0. The molecule has 4 heterocycles. The van der Waals surface area contributed by atoms with E-state index in [-0.39, 0.29) is 5.91 Å². The number of pyridine rings is 1. The van der Waals surface area contributed by atoms with Gasteiger partial charge in [-0.25, -0.2) is 4.98 Å². The van der Waals surface area contributed by atoms with Crippen LogP contribution in [0.5, 0.6) is 0 Å². The summed E-state index contributed by atoms with van der Waals surface area (Å²) in [7, 11) is 0. The zero-order chi connectivity index (χ0) is 15.8. The fourth-order valence-corrected chi connectivity index (χ4v) is 3.60. The van der Waals surface area contributed by atoms with Crippen LogP contribution in [0.15, 0.2) is 24.5 Å². The Morgan fingerprint density at radius 1 is 1.30 bits per heavy atom. The van der Waals surface area contributed by atoms with Gasteiger partial charge >= 0.3 is 0 Å². The van der Waals surface area contributed by atoms with Crippen LogP contribution in [0, 0.1) is 0 Å². The van der Waals surface area contributed by atoms with Gasteiger partial charge in [-0.2, -0.15) is 0 Å². The predicted octanol–water partition coefficient (Wildman–Crippen LogP) is 1.02. The highest BCUT2D eigenvalue weighted by molar-refractivity contribution is 6.06. The molecule has 0 aliphatic carbocycles. The summed E-state index contributed by atoms with van der Waals surface area (Å²) < 4.78 is 0. The van der Waals surface area contributed by atoms with Crippen molar-refractivity contribution in [3.63, 3.8) is 0 Å². The molecule has 0 spiro atoms. The van der Waals surface area contributed by atoms with Crippen LogP contribution in [0.2, 0.25) is 0 Å². The van der Waals surface area contributed by atoms with Gasteiger partial charge in [-0.3, -0.25) is 9.69 Å². The molecule has 0 unspecified atom stereocenters. The van der Waals surface area contributed by atoms with Crippen LogP contribution in [-0.2, 0) is 0 Å². The molecule has 0 saturated carbocycles. The third-order valence-electron chi connectivity index (χ3n) is 5.20. The maximum atomic E-state index is 12.7. The number of H-pyrrole nitrogens is 1. The molecule has 0 radical (unpaired) electrons. The number of carbonyl (C=O) groups is 1. The number of nitrogens with zero attached hydrogens (tertiary/aromatic N) is 4. The van der Waals surface area contributed by atoms with Crippen LogP contribution in [0.4, 0.5) is 0 Å². The molecule has 0 bridgehead atoms. The van der Waals surface area contributed by atoms with Crippen LogP contribution in [-0.4, -0.2) is 82.4 Å². The van der Waals surface area contributed by atoms with Crippen molar-refractivity contribution in [2.75, 3.05) is 45.8 Å². The number of hydrogen-bond donors (Lipinski definition) is 1. The number of hydrogen-bond acceptors (Lipinski definition) is 4. The number of amides is 1. The van der Waals surface area contributed by atoms with E-state index in [4.69, 9.17) is 0 Å². The molecule has 122 valence electrons. The number of aromatic amines is 1. The molecule has 2 aromatic heterocycles. The van der Waals surface area contributed by atoms with Crippen LogP contribution in [0.1, 0.15) is 17.3 Å². The van der Waals surface area contributed by atoms with E-state index in [1.165, 1.54) is 0 Å². The summed E-state index contributed by atoms with van der Waals surface area (Å²) >= 11 is 0. The van der Waals surface area contributed by atoms with E-state index in [2.05, 4.69) is 26.7 Å². The Balaban J connectivity index is 1.37. The van der Waals surface area contributed by atoms with Gasteiger partial charge in [0.05, 0.1) is 5.56 Å². The lowest BCUT2D eigenvalue weighted by Crippen LogP contribution is -2.64. The molecule has 2 aliphatic heterocycles. The largest absolute Gasteiger partial charge is 0.345 e. The topological polar surface area (TPSA) is 55.5 Å². The number of aromatic nitrogens is 2. The van der Waals surface area contributed by atoms with Gasteiger partial charge in [0, 0.05) is 63.1 Å². The molecule has 2 aliphatic rings. The summed E-state index contributed by atoms with van der Waals surface area (Å²) in [6.45, 7) is 9.59. The van der Waals surface area contributed by atoms with E-state index in [1.54, 1.807) is 12.4 Å². The molecule has 0 atom stereocenters. The maximum absolute atomic E-state index is 12.7. The average Bonchev–Trinajstić information content (AvgIpc) is 2.98. The van der Waals surface area contributed by atoms with Crippen molar-refractivity contribution in [3.05, 3.63) is 30.1 Å². The van der Waals surface area contributed by atoms with E-state index in [1.807, 2.05) is 17.0 Å². The first kappa shape index (κ1) is 14.7. The summed E-state index contributed by atoms with van der Waals surface area (Å²) in [5.41, 5.74) is 1.52. The predicted molar refractivity (Wildman–Crippen MR) is 89.5 cm³/mol. The summed E-state index contributed by atoms with van der Waals surface area (Å²) in [4.78, 5) is 27.0. The summed E-state index contributed by atoms with van der Waals surface area (Å²) in [5.74, 6) is 0.118. The highest BCUT2D eigenvalue weighted by Crippen LogP contribution is 2.23. The van der Waals surface area contributed by atoms with Crippen molar-refractivity contribution in [3.8, 4) is 0 Å². The summed E-state index contributed by atoms with van der Waals surface area (Å²) in [6.07, 6.45) is 3.52. The molecular weight excluding hydrogens is 290 g/mol. The third-order valence-corrected chi connectivity index (χ3v) is 5.20. The van der Waals surface area contributed by atoms with E-state index >= 15 is 0 Å². The van der Waals surface area contributed by atoms with Gasteiger partial charge in [0.2, 0.25) is 0 Å². The lowest BCUT2D eigenvalue weighted by Gasteiger charge is -2.48. The highest BCUT2D eigenvalue weighted by atomic mass is 16.2. The SMILES string of the molecule is CCN1CCN(C2CN(C(=O)c3c[nH]c4ncccc34)C2)CC1. The number of nitrogens with one attached hydrogen (secondary N) is 1. The second-order valence-corrected chi connectivity index (χ2v) is 6.44. The number of carbonyl (C=O) groups excluding carboxylic acids is 1. The average molecular weight is 313 g/mol. The Bertz CT molecular complexity index is 698. The number of piperazine rings is 1. The second-order valence-electron chi connectivity index (χ2n) is 6.44. The second kappa shape index (κ2) is 5.94. The third kappa shape index (κ3) is 2.62. The fourth-order valence-electron chi connectivity index (χ4n) is 3.60. The molecular formula is C17H23N5O. The minimum Gasteiger partial charge on any atom is -0.345 e. The minimum atomic E-state index is 0.118. The number of likely N-dealkylation sites (N-methyl/N-ethyl adjacent to an activating group) is 1. The number of rotatable bonds is 3. The van der Waals surface area contributed by atoms with E-state index in [0.717, 1.165) is 62.4 Å². The molecule has 1 amide bonds. The molecule has 6 nitrogen and oxygen atoms in total. The Morgan fingerprint density at radius 3 is 2.83 bits per heavy atom. The van der Waals surface area contributed by atoms with Crippen LogP contribution in [0.25, 0.3) is 11.0 Å². The molecule has 6 heteroatoms. The Morgan fingerprint density at radius 2 is 2.09 bits per heavy atom. The molecule has 0 aromatic carbocycles. The molecule has 2 fully saturated rings. The number of likely N-dealkylation sites (tertiary alicyclic amines) is 1. The normalized spacial score (nSPS) is 20.8. The van der Waals surface area contributed by atoms with Crippen LogP contribution < -0.4 is 0 Å². The minimum absolute atomic E-state index is 0.118. The lowest BCUT2D eigenvalue weighted by molar-refractivity contribution is 0.00852. The van der Waals surface area contributed by atoms with E-state index in [0.29, 0.717) is 6.04 Å². The summed E-state index contributed by atoms with van der Waals surface area (Å²) in [5, 5.41) is 0.914. The molecule has 2 aromatic rings. The number of fused-ring (bicyclic) bond motifs is 1. The summed E-state index contributed by atoms with van der Waals surface area (Å²) in [6, 6.07) is 4.35. The van der Waals surface area contributed by atoms with Crippen molar-refractivity contribution in [2.24, 2.45) is 0 Å². The van der Waals surface area contributed by atoms with Crippen molar-refractivity contribution < 1.29 is 4.79 Å². The van der Waals surface area contributed by atoms with Crippen molar-refractivity contribution in [2.45, 2.75) is 13.0 Å². The smallest absolute Gasteiger partial charge is 0.256 e. The van der Waals surface area contributed by atoms with E-state index < -0.39 is 0 Å². The molecule has 1 N–H and O–H groups in total. The fraction of sp³-hybridized carbons (Fsp3) is 0.529. The Labute approximate surface area is 136 Å². The molecule has 2 saturated heterocycles.